The van der Waals surface area contributed by atoms with Crippen LogP contribution in [0.2, 0.25) is 0 Å². The lowest BCUT2D eigenvalue weighted by atomic mass is 10.3. The third kappa shape index (κ3) is 2.73. The number of aryl methyl sites for hydroxylation is 1. The Morgan fingerprint density at radius 1 is 1.32 bits per heavy atom. The molecule has 1 aromatic carbocycles. The summed E-state index contributed by atoms with van der Waals surface area (Å²) in [6.45, 7) is 1.80. The van der Waals surface area contributed by atoms with E-state index in [9.17, 15) is 4.39 Å². The second-order valence-corrected chi connectivity index (χ2v) is 3.80. The van der Waals surface area contributed by atoms with Crippen LogP contribution in [0, 0.1) is 5.82 Å². The van der Waals surface area contributed by atoms with Crippen LogP contribution < -0.4 is 15.2 Å². The number of nitrogen functional groups attached to an aromatic ring is 1. The fourth-order valence-corrected chi connectivity index (χ4v) is 1.54. The fraction of sp³-hybridized carbons (Fsp3) is 0.231. The Bertz CT molecular complexity index is 590. The van der Waals surface area contributed by atoms with Gasteiger partial charge in [-0.1, -0.05) is 6.92 Å². The van der Waals surface area contributed by atoms with Crippen molar-refractivity contribution in [3.8, 4) is 17.4 Å². The molecule has 100 valence electrons. The summed E-state index contributed by atoms with van der Waals surface area (Å²) >= 11 is 0. The number of hydrogen-bond acceptors (Lipinski definition) is 5. The Hall–Kier alpha value is -2.37. The van der Waals surface area contributed by atoms with Gasteiger partial charge in [-0.05, 0) is 18.6 Å². The van der Waals surface area contributed by atoms with Gasteiger partial charge in [-0.3, -0.25) is 0 Å². The van der Waals surface area contributed by atoms with Gasteiger partial charge in [-0.2, -0.15) is 9.37 Å². The molecule has 0 saturated heterocycles. The number of hydrogen-bond donors (Lipinski definition) is 1. The molecule has 19 heavy (non-hydrogen) atoms. The van der Waals surface area contributed by atoms with Crippen molar-refractivity contribution in [2.45, 2.75) is 13.3 Å². The Morgan fingerprint density at radius 2 is 2.11 bits per heavy atom. The molecule has 0 bridgehead atoms. The minimum atomic E-state index is -0.577. The number of benzene rings is 1. The van der Waals surface area contributed by atoms with E-state index >= 15 is 0 Å². The molecule has 0 atom stereocenters. The number of nitrogens with zero attached hydrogens (tertiary/aromatic N) is 2. The number of ether oxygens (including phenoxy) is 2. The fourth-order valence-electron chi connectivity index (χ4n) is 1.54. The molecule has 0 aliphatic carbocycles. The number of anilines is 1. The third-order valence-electron chi connectivity index (χ3n) is 2.59. The van der Waals surface area contributed by atoms with Crippen LogP contribution in [0.5, 0.6) is 17.4 Å². The van der Waals surface area contributed by atoms with E-state index in [0.717, 1.165) is 0 Å². The maximum Gasteiger partial charge on any atom is 0.259 e. The van der Waals surface area contributed by atoms with Crippen LogP contribution in [-0.4, -0.2) is 17.1 Å². The molecule has 0 unspecified atom stereocenters. The molecule has 2 rings (SSSR count). The van der Waals surface area contributed by atoms with E-state index in [1.165, 1.54) is 13.4 Å². The normalized spacial score (nSPS) is 10.3. The zero-order chi connectivity index (χ0) is 13.8. The molecule has 1 heterocycles. The van der Waals surface area contributed by atoms with Crippen LogP contribution in [0.3, 0.4) is 0 Å². The first-order chi connectivity index (χ1) is 9.15. The van der Waals surface area contributed by atoms with Crippen molar-refractivity contribution in [2.24, 2.45) is 0 Å². The highest BCUT2D eigenvalue weighted by molar-refractivity contribution is 5.56. The third-order valence-corrected chi connectivity index (χ3v) is 2.59. The van der Waals surface area contributed by atoms with Crippen LogP contribution in [0.15, 0.2) is 24.5 Å². The van der Waals surface area contributed by atoms with E-state index in [1.54, 1.807) is 25.1 Å². The van der Waals surface area contributed by atoms with E-state index in [2.05, 4.69) is 9.97 Å². The van der Waals surface area contributed by atoms with Crippen LogP contribution in [0.25, 0.3) is 0 Å². The number of methoxy groups -OCH3 is 1. The van der Waals surface area contributed by atoms with Crippen molar-refractivity contribution >= 4 is 5.69 Å². The van der Waals surface area contributed by atoms with E-state index in [-0.39, 0.29) is 5.88 Å². The van der Waals surface area contributed by atoms with Crippen molar-refractivity contribution in [2.75, 3.05) is 12.8 Å². The lowest BCUT2D eigenvalue weighted by Gasteiger charge is -2.10. The van der Waals surface area contributed by atoms with Crippen LogP contribution in [-0.2, 0) is 6.42 Å². The minimum Gasteiger partial charge on any atom is -0.497 e. The predicted octanol–water partition coefficient (Wildman–Crippen LogP) is 2.56. The lowest BCUT2D eigenvalue weighted by Crippen LogP contribution is -2.01. The number of aromatic nitrogens is 2. The first-order valence-corrected chi connectivity index (χ1v) is 5.76. The predicted molar refractivity (Wildman–Crippen MR) is 68.8 cm³/mol. The number of nitrogens with two attached hydrogens (primary N) is 1. The monoisotopic (exact) mass is 263 g/mol. The highest BCUT2D eigenvalue weighted by atomic mass is 19.1. The standard InChI is InChI=1S/C13H14FN3O2/c1-3-10-12(14)13(17-7-16-10)19-11-6-8(18-2)4-5-9(11)15/h4-7H,3,15H2,1-2H3. The molecular weight excluding hydrogens is 249 g/mol. The van der Waals surface area contributed by atoms with Gasteiger partial charge in [0.25, 0.3) is 5.88 Å². The topological polar surface area (TPSA) is 70.3 Å². The smallest absolute Gasteiger partial charge is 0.259 e. The summed E-state index contributed by atoms with van der Waals surface area (Å²) in [4.78, 5) is 7.61. The van der Waals surface area contributed by atoms with Crippen molar-refractivity contribution in [1.29, 1.82) is 0 Å². The zero-order valence-electron chi connectivity index (χ0n) is 10.7. The summed E-state index contributed by atoms with van der Waals surface area (Å²) in [5.74, 6) is 0.132. The largest absolute Gasteiger partial charge is 0.497 e. The molecule has 0 radical (unpaired) electrons. The van der Waals surface area contributed by atoms with E-state index in [1.807, 2.05) is 0 Å². The number of halogens is 1. The van der Waals surface area contributed by atoms with Crippen molar-refractivity contribution in [3.63, 3.8) is 0 Å². The summed E-state index contributed by atoms with van der Waals surface area (Å²) in [6.07, 6.45) is 1.71. The molecule has 0 fully saturated rings. The summed E-state index contributed by atoms with van der Waals surface area (Å²) in [6, 6.07) is 4.88. The summed E-state index contributed by atoms with van der Waals surface area (Å²) < 4.78 is 24.4. The van der Waals surface area contributed by atoms with E-state index < -0.39 is 5.82 Å². The molecule has 2 N–H and O–H groups in total. The molecule has 5 nitrogen and oxygen atoms in total. The van der Waals surface area contributed by atoms with Crippen molar-refractivity contribution in [3.05, 3.63) is 36.0 Å². The van der Waals surface area contributed by atoms with Crippen LogP contribution in [0.1, 0.15) is 12.6 Å². The van der Waals surface area contributed by atoms with E-state index in [0.29, 0.717) is 29.3 Å². The highest BCUT2D eigenvalue weighted by Crippen LogP contribution is 2.31. The molecule has 1 aromatic heterocycles. The van der Waals surface area contributed by atoms with Gasteiger partial charge in [0.2, 0.25) is 5.82 Å². The minimum absolute atomic E-state index is 0.146. The zero-order valence-corrected chi connectivity index (χ0v) is 10.7. The van der Waals surface area contributed by atoms with Crippen molar-refractivity contribution in [1.82, 2.24) is 9.97 Å². The quantitative estimate of drug-likeness (QED) is 0.858. The lowest BCUT2D eigenvalue weighted by molar-refractivity contribution is 0.398. The summed E-state index contributed by atoms with van der Waals surface area (Å²) in [5, 5.41) is 0. The second kappa shape index (κ2) is 5.51. The second-order valence-electron chi connectivity index (χ2n) is 3.80. The van der Waals surface area contributed by atoms with E-state index in [4.69, 9.17) is 15.2 Å². The molecule has 0 aliphatic heterocycles. The first-order valence-electron chi connectivity index (χ1n) is 5.76. The molecular formula is C13H14FN3O2. The average Bonchev–Trinajstić information content (AvgIpc) is 2.43. The van der Waals surface area contributed by atoms with Gasteiger partial charge in [0.1, 0.15) is 12.1 Å². The number of rotatable bonds is 4. The summed E-state index contributed by atoms with van der Waals surface area (Å²) in [7, 11) is 1.52. The molecule has 0 aliphatic rings. The van der Waals surface area contributed by atoms with Gasteiger partial charge < -0.3 is 15.2 Å². The summed E-state index contributed by atoms with van der Waals surface area (Å²) in [5.41, 5.74) is 6.44. The molecule has 0 amide bonds. The molecule has 0 saturated carbocycles. The molecule has 6 heteroatoms. The first kappa shape index (κ1) is 13.1. The van der Waals surface area contributed by atoms with Gasteiger partial charge in [-0.15, -0.1) is 0 Å². The Morgan fingerprint density at radius 3 is 2.79 bits per heavy atom. The van der Waals surface area contributed by atoms with Crippen molar-refractivity contribution < 1.29 is 13.9 Å². The maximum atomic E-state index is 14.0. The average molecular weight is 263 g/mol. The van der Waals surface area contributed by atoms with Gasteiger partial charge in [0.15, 0.2) is 5.75 Å². The van der Waals surface area contributed by atoms with Gasteiger partial charge in [0.05, 0.1) is 18.5 Å². The molecule has 0 spiro atoms. The maximum absolute atomic E-state index is 14.0. The van der Waals surface area contributed by atoms with Crippen LogP contribution in [0.4, 0.5) is 10.1 Å². The Balaban J connectivity index is 2.36. The van der Waals surface area contributed by atoms with Crippen LogP contribution >= 0.6 is 0 Å². The molecule has 2 aromatic rings. The van der Waals surface area contributed by atoms with Gasteiger partial charge in [0, 0.05) is 6.07 Å². The Labute approximate surface area is 110 Å². The highest BCUT2D eigenvalue weighted by Gasteiger charge is 2.13. The Kier molecular flexibility index (Phi) is 3.79. The van der Waals surface area contributed by atoms with Gasteiger partial charge in [-0.25, -0.2) is 4.98 Å². The SMILES string of the molecule is CCc1ncnc(Oc2cc(OC)ccc2N)c1F. The van der Waals surface area contributed by atoms with Gasteiger partial charge >= 0.3 is 0 Å².